The van der Waals surface area contributed by atoms with Gasteiger partial charge in [-0.3, -0.25) is 0 Å². The number of allylic oxidation sites excluding steroid dienone is 1. The third-order valence-corrected chi connectivity index (χ3v) is 7.39. The lowest BCUT2D eigenvalue weighted by Gasteiger charge is -2.38. The van der Waals surface area contributed by atoms with Crippen LogP contribution >= 0.6 is 10.7 Å². The van der Waals surface area contributed by atoms with E-state index in [1.54, 1.807) is 13.0 Å². The second-order valence-corrected chi connectivity index (χ2v) is 10.7. The van der Waals surface area contributed by atoms with Gasteiger partial charge in [-0.25, -0.2) is 4.79 Å². The molecule has 1 amide bonds. The van der Waals surface area contributed by atoms with Gasteiger partial charge in [-0.2, -0.15) is 12.7 Å². The van der Waals surface area contributed by atoms with Crippen LogP contribution in [0.4, 0.5) is 4.79 Å². The monoisotopic (exact) mass is 489 g/mol. The number of amides is 1. The Morgan fingerprint density at radius 2 is 1.58 bits per heavy atom. The lowest BCUT2D eigenvalue weighted by molar-refractivity contribution is 0.135. The first kappa shape index (κ1) is 25.3. The number of rotatable bonds is 11. The van der Waals surface area contributed by atoms with E-state index < -0.39 is 20.7 Å². The molecular weight excluding hydrogens is 458 g/mol. The molecule has 0 aromatic heterocycles. The van der Waals surface area contributed by atoms with E-state index in [9.17, 15) is 13.2 Å². The molecular formula is C26H32ClNO4S. The van der Waals surface area contributed by atoms with Gasteiger partial charge in [0.2, 0.25) is 0 Å². The van der Waals surface area contributed by atoms with Gasteiger partial charge in [-0.1, -0.05) is 100 Å². The maximum atomic E-state index is 12.9. The summed E-state index contributed by atoms with van der Waals surface area (Å²) in [5.41, 5.74) is 2.24. The minimum absolute atomic E-state index is 0.0394. The van der Waals surface area contributed by atoms with Crippen molar-refractivity contribution in [2.24, 2.45) is 0 Å². The zero-order chi connectivity index (χ0) is 23.9. The molecule has 2 aromatic carbocycles. The van der Waals surface area contributed by atoms with E-state index in [1.807, 2.05) is 54.6 Å². The molecule has 0 spiro atoms. The highest BCUT2D eigenvalue weighted by Gasteiger charge is 2.49. The summed E-state index contributed by atoms with van der Waals surface area (Å²) in [6, 6.07) is 17.5. The summed E-state index contributed by atoms with van der Waals surface area (Å²) in [4.78, 5) is 12.9. The van der Waals surface area contributed by atoms with Gasteiger partial charge in [0.25, 0.3) is 0 Å². The van der Waals surface area contributed by atoms with E-state index in [0.29, 0.717) is 16.4 Å². The second-order valence-electron chi connectivity index (χ2n) is 8.31. The van der Waals surface area contributed by atoms with Crippen molar-refractivity contribution in [2.75, 3.05) is 6.61 Å². The number of hydrogen-bond donors (Lipinski definition) is 0. The number of nitrogens with zero attached hydrogens (tertiary/aromatic N) is 1. The molecule has 0 heterocycles. The van der Waals surface area contributed by atoms with E-state index in [-0.39, 0.29) is 6.61 Å². The van der Waals surface area contributed by atoms with Crippen molar-refractivity contribution in [1.82, 2.24) is 4.31 Å². The number of carbonyl (C=O) groups excluding carboxylic acids is 1. The third-order valence-electron chi connectivity index (χ3n) is 6.19. The number of ether oxygens (including phenoxy) is 1. The normalized spacial score (nSPS) is 17.4. The SMILES string of the molecule is CCCCCCCCC1(c2ccccc2)C(N(C(=O)OCC)S(=O)(=O)Cl)=Cc2ccccc21. The van der Waals surface area contributed by atoms with Crippen LogP contribution in [-0.4, -0.2) is 25.4 Å². The van der Waals surface area contributed by atoms with E-state index in [0.717, 1.165) is 36.0 Å². The summed E-state index contributed by atoms with van der Waals surface area (Å²) in [6.45, 7) is 3.86. The van der Waals surface area contributed by atoms with Gasteiger partial charge in [-0.05, 0) is 36.1 Å². The average molecular weight is 490 g/mol. The molecule has 0 N–H and O–H groups in total. The summed E-state index contributed by atoms with van der Waals surface area (Å²) in [7, 11) is 1.40. The van der Waals surface area contributed by atoms with Crippen LogP contribution in [0.15, 0.2) is 60.3 Å². The van der Waals surface area contributed by atoms with Gasteiger partial charge in [0.15, 0.2) is 0 Å². The van der Waals surface area contributed by atoms with Crippen molar-refractivity contribution in [3.63, 3.8) is 0 Å². The molecule has 1 aliphatic rings. The molecule has 0 fully saturated rings. The highest BCUT2D eigenvalue weighted by atomic mass is 35.7. The molecule has 33 heavy (non-hydrogen) atoms. The fraction of sp³-hybridized carbons (Fsp3) is 0.423. The van der Waals surface area contributed by atoms with Crippen LogP contribution in [0.2, 0.25) is 0 Å². The summed E-state index contributed by atoms with van der Waals surface area (Å²) < 4.78 is 31.2. The molecule has 1 unspecified atom stereocenters. The predicted octanol–water partition coefficient (Wildman–Crippen LogP) is 7.02. The van der Waals surface area contributed by atoms with E-state index in [4.69, 9.17) is 15.4 Å². The molecule has 1 aliphatic carbocycles. The second kappa shape index (κ2) is 11.2. The Bertz CT molecular complexity index is 1080. The zero-order valence-electron chi connectivity index (χ0n) is 19.3. The van der Waals surface area contributed by atoms with Crippen molar-refractivity contribution in [1.29, 1.82) is 0 Å². The van der Waals surface area contributed by atoms with Gasteiger partial charge in [0.1, 0.15) is 0 Å². The molecule has 2 aromatic rings. The molecule has 1 atom stereocenters. The number of fused-ring (bicyclic) bond motifs is 1. The Labute approximate surface area is 202 Å². The van der Waals surface area contributed by atoms with Gasteiger partial charge in [0.05, 0.1) is 17.7 Å². The van der Waals surface area contributed by atoms with Crippen molar-refractivity contribution in [2.45, 2.75) is 64.2 Å². The number of hydrogen-bond acceptors (Lipinski definition) is 4. The standard InChI is InChI=1S/C26H32ClNO4S/c1-3-5-6-7-8-14-19-26(22-16-10-9-11-17-22)23-18-13-12-15-21(23)20-24(26)28(33(27,30)31)25(29)32-4-2/h9-13,15-18,20H,3-8,14,19H2,1-2H3. The predicted molar refractivity (Wildman–Crippen MR) is 133 cm³/mol. The summed E-state index contributed by atoms with van der Waals surface area (Å²) >= 11 is 0. The van der Waals surface area contributed by atoms with E-state index in [2.05, 4.69) is 6.92 Å². The number of benzene rings is 2. The number of halogens is 1. The van der Waals surface area contributed by atoms with Gasteiger partial charge in [0, 0.05) is 10.7 Å². The summed E-state index contributed by atoms with van der Waals surface area (Å²) in [5, 5.41) is 0. The third kappa shape index (κ3) is 5.44. The molecule has 0 saturated carbocycles. The minimum atomic E-state index is -4.45. The first-order valence-corrected chi connectivity index (χ1v) is 13.9. The van der Waals surface area contributed by atoms with E-state index in [1.165, 1.54) is 19.3 Å². The van der Waals surface area contributed by atoms with Crippen LogP contribution in [0.1, 0.15) is 75.5 Å². The molecule has 0 saturated heterocycles. The quantitative estimate of drug-likeness (QED) is 0.251. The molecule has 0 aliphatic heterocycles. The molecule has 0 radical (unpaired) electrons. The fourth-order valence-electron chi connectivity index (χ4n) is 4.74. The molecule has 0 bridgehead atoms. The molecule has 5 nitrogen and oxygen atoms in total. The number of unbranched alkanes of at least 4 members (excludes halogenated alkanes) is 5. The Hall–Kier alpha value is -2.31. The van der Waals surface area contributed by atoms with Crippen LogP contribution in [0.5, 0.6) is 0 Å². The maximum Gasteiger partial charge on any atom is 0.429 e. The van der Waals surface area contributed by atoms with Crippen LogP contribution in [0, 0.1) is 0 Å². The first-order valence-electron chi connectivity index (χ1n) is 11.6. The van der Waals surface area contributed by atoms with Crippen molar-refractivity contribution in [3.8, 4) is 0 Å². The van der Waals surface area contributed by atoms with Crippen LogP contribution in [0.25, 0.3) is 6.08 Å². The van der Waals surface area contributed by atoms with Crippen LogP contribution in [-0.2, 0) is 19.4 Å². The van der Waals surface area contributed by atoms with Gasteiger partial charge < -0.3 is 4.74 Å². The summed E-state index contributed by atoms with van der Waals surface area (Å²) in [5.74, 6) is 0. The Morgan fingerprint density at radius 1 is 0.939 bits per heavy atom. The van der Waals surface area contributed by atoms with Crippen LogP contribution in [0.3, 0.4) is 0 Å². The Balaban J connectivity index is 2.14. The minimum Gasteiger partial charge on any atom is -0.449 e. The number of carbonyl (C=O) groups is 1. The zero-order valence-corrected chi connectivity index (χ0v) is 20.9. The Kier molecular flexibility index (Phi) is 8.60. The summed E-state index contributed by atoms with van der Waals surface area (Å²) in [6.07, 6.45) is 8.00. The highest BCUT2D eigenvalue weighted by Crippen LogP contribution is 2.52. The highest BCUT2D eigenvalue weighted by molar-refractivity contribution is 8.12. The van der Waals surface area contributed by atoms with Crippen molar-refractivity contribution < 1.29 is 17.9 Å². The van der Waals surface area contributed by atoms with Crippen molar-refractivity contribution >= 4 is 32.1 Å². The topological polar surface area (TPSA) is 63.7 Å². The molecule has 7 heteroatoms. The maximum absolute atomic E-state index is 12.9. The lowest BCUT2D eigenvalue weighted by atomic mass is 9.70. The average Bonchev–Trinajstić information content (AvgIpc) is 3.10. The fourth-order valence-corrected chi connectivity index (χ4v) is 5.81. The van der Waals surface area contributed by atoms with E-state index >= 15 is 0 Å². The van der Waals surface area contributed by atoms with Crippen LogP contribution < -0.4 is 0 Å². The Morgan fingerprint density at radius 3 is 2.24 bits per heavy atom. The van der Waals surface area contributed by atoms with Crippen molar-refractivity contribution in [3.05, 3.63) is 77.0 Å². The smallest absolute Gasteiger partial charge is 0.429 e. The van der Waals surface area contributed by atoms with Gasteiger partial charge >= 0.3 is 15.3 Å². The van der Waals surface area contributed by atoms with Gasteiger partial charge in [-0.15, -0.1) is 0 Å². The first-order chi connectivity index (χ1) is 15.9. The molecule has 178 valence electrons. The lowest BCUT2D eigenvalue weighted by Crippen LogP contribution is -2.42. The molecule has 3 rings (SSSR count). The largest absolute Gasteiger partial charge is 0.449 e.